The smallest absolute Gasteiger partial charge is 0.158 e. The first-order valence-electron chi connectivity index (χ1n) is 5.98. The minimum absolute atomic E-state index is 0.256. The third kappa shape index (κ3) is 3.62. The van der Waals surface area contributed by atoms with Crippen LogP contribution in [0.5, 0.6) is 0 Å². The van der Waals surface area contributed by atoms with E-state index in [4.69, 9.17) is 10.6 Å². The van der Waals surface area contributed by atoms with E-state index in [-0.39, 0.29) is 12.4 Å². The number of hydrogen-bond donors (Lipinski definition) is 3. The summed E-state index contributed by atoms with van der Waals surface area (Å²) < 4.78 is 18.3. The summed E-state index contributed by atoms with van der Waals surface area (Å²) in [4.78, 5) is 8.39. The number of benzene rings is 1. The van der Waals surface area contributed by atoms with E-state index in [1.165, 1.54) is 12.1 Å². The summed E-state index contributed by atoms with van der Waals surface area (Å²) in [6.45, 7) is 2.07. The molecule has 0 unspecified atom stereocenters. The number of rotatable bonds is 5. The third-order valence-corrected chi connectivity index (χ3v) is 2.51. The van der Waals surface area contributed by atoms with Gasteiger partial charge in [0.15, 0.2) is 5.82 Å². The van der Waals surface area contributed by atoms with Crippen molar-refractivity contribution < 1.29 is 9.13 Å². The minimum Gasteiger partial charge on any atom is -0.377 e. The summed E-state index contributed by atoms with van der Waals surface area (Å²) in [6, 6.07) is 6.28. The lowest BCUT2D eigenvalue weighted by molar-refractivity contribution is 0.178. The van der Waals surface area contributed by atoms with Crippen LogP contribution in [0.3, 0.4) is 0 Å². The van der Waals surface area contributed by atoms with E-state index in [1.807, 2.05) is 13.0 Å². The molecule has 0 amide bonds. The average Bonchev–Trinajstić information content (AvgIpc) is 2.37. The zero-order valence-corrected chi connectivity index (χ0v) is 11.3. The Kier molecular flexibility index (Phi) is 4.44. The Morgan fingerprint density at radius 3 is 2.60 bits per heavy atom. The average molecular weight is 277 g/mol. The number of nitrogens with zero attached hydrogens (tertiary/aromatic N) is 2. The monoisotopic (exact) mass is 277 g/mol. The molecule has 1 aromatic heterocycles. The van der Waals surface area contributed by atoms with Gasteiger partial charge in [0.2, 0.25) is 0 Å². The van der Waals surface area contributed by atoms with Gasteiger partial charge in [0.05, 0.1) is 0 Å². The standard InChI is InChI=1S/C13H16FN5O/c1-8-3-9(14)5-10(4-8)16-11-6-12(19-15)18-13(17-11)7-20-2/h3-6H,7,15H2,1-2H3,(H2,16,17,18,19). The number of ether oxygens (including phenoxy) is 1. The second-order valence-electron chi connectivity index (χ2n) is 4.27. The van der Waals surface area contributed by atoms with Gasteiger partial charge in [-0.05, 0) is 30.7 Å². The fraction of sp³-hybridized carbons (Fsp3) is 0.231. The van der Waals surface area contributed by atoms with Gasteiger partial charge in [-0.3, -0.25) is 0 Å². The van der Waals surface area contributed by atoms with Crippen molar-refractivity contribution >= 4 is 17.3 Å². The molecule has 0 bridgehead atoms. The molecule has 2 rings (SSSR count). The summed E-state index contributed by atoms with van der Waals surface area (Å²) in [5, 5.41) is 3.02. The number of aryl methyl sites for hydroxylation is 1. The highest BCUT2D eigenvalue weighted by Gasteiger charge is 2.05. The topological polar surface area (TPSA) is 85.1 Å². The van der Waals surface area contributed by atoms with Crippen LogP contribution in [0.2, 0.25) is 0 Å². The van der Waals surface area contributed by atoms with Crippen molar-refractivity contribution in [3.63, 3.8) is 0 Å². The first-order chi connectivity index (χ1) is 9.60. The molecule has 1 aromatic carbocycles. The van der Waals surface area contributed by atoms with Gasteiger partial charge in [-0.25, -0.2) is 20.2 Å². The van der Waals surface area contributed by atoms with Gasteiger partial charge in [0.25, 0.3) is 0 Å². The Bertz CT molecular complexity index is 585. The van der Waals surface area contributed by atoms with Crippen LogP contribution >= 0.6 is 0 Å². The number of nitrogen functional groups attached to an aromatic ring is 1. The number of hydrogen-bond acceptors (Lipinski definition) is 6. The number of methoxy groups -OCH3 is 1. The molecule has 106 valence electrons. The summed E-state index contributed by atoms with van der Waals surface area (Å²) in [6.07, 6.45) is 0. The zero-order valence-electron chi connectivity index (χ0n) is 11.3. The molecule has 0 aliphatic rings. The number of nitrogens with two attached hydrogens (primary N) is 1. The molecule has 0 atom stereocenters. The van der Waals surface area contributed by atoms with Crippen molar-refractivity contribution in [2.75, 3.05) is 17.9 Å². The van der Waals surface area contributed by atoms with Gasteiger partial charge in [-0.1, -0.05) is 0 Å². The molecule has 0 spiro atoms. The Morgan fingerprint density at radius 1 is 1.20 bits per heavy atom. The molecule has 20 heavy (non-hydrogen) atoms. The molecule has 0 saturated carbocycles. The lowest BCUT2D eigenvalue weighted by Gasteiger charge is -2.10. The third-order valence-electron chi connectivity index (χ3n) is 2.51. The molecule has 0 saturated heterocycles. The zero-order chi connectivity index (χ0) is 14.5. The summed E-state index contributed by atoms with van der Waals surface area (Å²) in [5.74, 6) is 6.47. The summed E-state index contributed by atoms with van der Waals surface area (Å²) in [5.41, 5.74) is 3.87. The molecule has 0 fully saturated rings. The summed E-state index contributed by atoms with van der Waals surface area (Å²) in [7, 11) is 1.55. The maximum atomic E-state index is 13.4. The van der Waals surface area contributed by atoms with Crippen molar-refractivity contribution in [1.29, 1.82) is 0 Å². The van der Waals surface area contributed by atoms with Gasteiger partial charge in [-0.2, -0.15) is 0 Å². The second-order valence-corrected chi connectivity index (χ2v) is 4.27. The highest BCUT2D eigenvalue weighted by Crippen LogP contribution is 2.19. The van der Waals surface area contributed by atoms with Crippen LogP contribution in [0, 0.1) is 12.7 Å². The number of nitrogens with one attached hydrogen (secondary N) is 2. The fourth-order valence-electron chi connectivity index (χ4n) is 1.79. The Morgan fingerprint density at radius 2 is 1.95 bits per heavy atom. The van der Waals surface area contributed by atoms with Gasteiger partial charge in [0.1, 0.15) is 24.1 Å². The molecule has 0 radical (unpaired) electrons. The van der Waals surface area contributed by atoms with Crippen molar-refractivity contribution in [3.05, 3.63) is 41.5 Å². The van der Waals surface area contributed by atoms with E-state index in [2.05, 4.69) is 20.7 Å². The van der Waals surface area contributed by atoms with E-state index < -0.39 is 0 Å². The molecule has 2 aromatic rings. The number of hydrazine groups is 1. The van der Waals surface area contributed by atoms with Gasteiger partial charge >= 0.3 is 0 Å². The number of aromatic nitrogens is 2. The predicted molar refractivity (Wildman–Crippen MR) is 75.0 cm³/mol. The first-order valence-corrected chi connectivity index (χ1v) is 5.98. The van der Waals surface area contributed by atoms with Gasteiger partial charge in [-0.15, -0.1) is 0 Å². The van der Waals surface area contributed by atoms with Crippen LogP contribution in [0.4, 0.5) is 21.7 Å². The second kappa shape index (κ2) is 6.27. The SMILES string of the molecule is COCc1nc(NN)cc(Nc2cc(C)cc(F)c2)n1. The van der Waals surface area contributed by atoms with E-state index in [1.54, 1.807) is 13.2 Å². The maximum absolute atomic E-state index is 13.4. The van der Waals surface area contributed by atoms with E-state index in [0.29, 0.717) is 23.1 Å². The van der Waals surface area contributed by atoms with Crippen molar-refractivity contribution in [2.24, 2.45) is 5.84 Å². The molecule has 7 heteroatoms. The van der Waals surface area contributed by atoms with Crippen LogP contribution in [-0.4, -0.2) is 17.1 Å². The number of halogens is 1. The van der Waals surface area contributed by atoms with Crippen LogP contribution < -0.4 is 16.6 Å². The van der Waals surface area contributed by atoms with Crippen LogP contribution in [0.1, 0.15) is 11.4 Å². The Labute approximate surface area is 116 Å². The molecule has 1 heterocycles. The van der Waals surface area contributed by atoms with E-state index in [9.17, 15) is 4.39 Å². The van der Waals surface area contributed by atoms with E-state index in [0.717, 1.165) is 5.56 Å². The van der Waals surface area contributed by atoms with Crippen molar-refractivity contribution in [2.45, 2.75) is 13.5 Å². The molecule has 0 aliphatic heterocycles. The lowest BCUT2D eigenvalue weighted by Crippen LogP contribution is -2.11. The first kappa shape index (κ1) is 14.2. The normalized spacial score (nSPS) is 10.4. The lowest BCUT2D eigenvalue weighted by atomic mass is 10.2. The Balaban J connectivity index is 2.29. The van der Waals surface area contributed by atoms with Crippen molar-refractivity contribution in [3.8, 4) is 0 Å². The minimum atomic E-state index is -0.309. The van der Waals surface area contributed by atoms with Crippen molar-refractivity contribution in [1.82, 2.24) is 9.97 Å². The van der Waals surface area contributed by atoms with Crippen LogP contribution in [0.15, 0.2) is 24.3 Å². The highest BCUT2D eigenvalue weighted by atomic mass is 19.1. The molecular formula is C13H16FN5O. The van der Waals surface area contributed by atoms with Gasteiger partial charge in [0, 0.05) is 18.9 Å². The summed E-state index contributed by atoms with van der Waals surface area (Å²) >= 11 is 0. The van der Waals surface area contributed by atoms with Crippen LogP contribution in [0.25, 0.3) is 0 Å². The molecule has 4 N–H and O–H groups in total. The number of anilines is 3. The van der Waals surface area contributed by atoms with Gasteiger partial charge < -0.3 is 15.5 Å². The largest absolute Gasteiger partial charge is 0.377 e. The molecule has 6 nitrogen and oxygen atoms in total. The fourth-order valence-corrected chi connectivity index (χ4v) is 1.79. The molecular weight excluding hydrogens is 261 g/mol. The maximum Gasteiger partial charge on any atom is 0.158 e. The highest BCUT2D eigenvalue weighted by molar-refractivity contribution is 5.59. The van der Waals surface area contributed by atoms with E-state index >= 15 is 0 Å². The predicted octanol–water partition coefficient (Wildman–Crippen LogP) is 2.10. The van der Waals surface area contributed by atoms with Crippen LogP contribution in [-0.2, 0) is 11.3 Å². The Hall–Kier alpha value is -2.25. The quantitative estimate of drug-likeness (QED) is 0.573. The molecule has 0 aliphatic carbocycles.